The van der Waals surface area contributed by atoms with Crippen molar-refractivity contribution in [1.29, 1.82) is 0 Å². The van der Waals surface area contributed by atoms with Crippen LogP contribution in [0.3, 0.4) is 0 Å². The van der Waals surface area contributed by atoms with Gasteiger partial charge in [-0.25, -0.2) is 4.79 Å². The maximum atomic E-state index is 11.7. The predicted molar refractivity (Wildman–Crippen MR) is 65.0 cm³/mol. The van der Waals surface area contributed by atoms with Crippen molar-refractivity contribution in [2.24, 2.45) is 0 Å². The molecule has 90 valence electrons. The molecule has 2 aliphatic rings. The molecular formula is C13H14ClNO2. The zero-order valence-corrected chi connectivity index (χ0v) is 10.2. The molecule has 1 amide bonds. The first-order valence-corrected chi connectivity index (χ1v) is 6.36. The van der Waals surface area contributed by atoms with Gasteiger partial charge in [-0.15, -0.1) is 0 Å². The first-order chi connectivity index (χ1) is 8.25. The van der Waals surface area contributed by atoms with Crippen molar-refractivity contribution >= 4 is 17.7 Å². The van der Waals surface area contributed by atoms with Crippen LogP contribution >= 0.6 is 11.6 Å². The summed E-state index contributed by atoms with van der Waals surface area (Å²) in [4.78, 5) is 13.6. The molecule has 2 aliphatic heterocycles. The lowest BCUT2D eigenvalue weighted by Gasteiger charge is -2.28. The standard InChI is InChI=1S/C13H14ClNO2/c14-10-6-4-9(5-7-10)12-11-3-1-2-8-15(11)13(16)17-12/h4-7,11-12H,1-3,8H2. The highest BCUT2D eigenvalue weighted by Gasteiger charge is 2.43. The molecule has 17 heavy (non-hydrogen) atoms. The normalized spacial score (nSPS) is 27.8. The third kappa shape index (κ3) is 1.89. The SMILES string of the molecule is O=C1OC(c2ccc(Cl)cc2)C2CCCCN12. The minimum Gasteiger partial charge on any atom is -0.439 e. The van der Waals surface area contributed by atoms with E-state index in [0.29, 0.717) is 5.02 Å². The molecule has 3 nitrogen and oxygen atoms in total. The molecular weight excluding hydrogens is 238 g/mol. The summed E-state index contributed by atoms with van der Waals surface area (Å²) in [7, 11) is 0. The molecule has 0 radical (unpaired) electrons. The van der Waals surface area contributed by atoms with E-state index >= 15 is 0 Å². The zero-order chi connectivity index (χ0) is 11.8. The number of ether oxygens (including phenoxy) is 1. The second kappa shape index (κ2) is 4.22. The average Bonchev–Trinajstić information content (AvgIpc) is 2.69. The van der Waals surface area contributed by atoms with Gasteiger partial charge in [-0.1, -0.05) is 23.7 Å². The molecule has 1 aromatic carbocycles. The summed E-state index contributed by atoms with van der Waals surface area (Å²) in [5.74, 6) is 0. The quantitative estimate of drug-likeness (QED) is 0.766. The molecule has 2 unspecified atom stereocenters. The number of carbonyl (C=O) groups is 1. The molecule has 0 saturated carbocycles. The van der Waals surface area contributed by atoms with E-state index in [-0.39, 0.29) is 18.2 Å². The summed E-state index contributed by atoms with van der Waals surface area (Å²) in [6.07, 6.45) is 2.98. The van der Waals surface area contributed by atoms with Gasteiger partial charge in [0.05, 0.1) is 6.04 Å². The third-order valence-corrected chi connectivity index (χ3v) is 3.81. The first-order valence-electron chi connectivity index (χ1n) is 5.98. The van der Waals surface area contributed by atoms with E-state index in [2.05, 4.69) is 0 Å². The maximum absolute atomic E-state index is 11.7. The maximum Gasteiger partial charge on any atom is 0.410 e. The van der Waals surface area contributed by atoms with Gasteiger partial charge in [-0.2, -0.15) is 0 Å². The molecule has 0 bridgehead atoms. The fraction of sp³-hybridized carbons (Fsp3) is 0.462. The fourth-order valence-electron chi connectivity index (χ4n) is 2.70. The summed E-state index contributed by atoms with van der Waals surface area (Å²) < 4.78 is 5.48. The van der Waals surface area contributed by atoms with E-state index in [1.54, 1.807) is 0 Å². The van der Waals surface area contributed by atoms with Gasteiger partial charge in [0.2, 0.25) is 0 Å². The highest BCUT2D eigenvalue weighted by atomic mass is 35.5. The van der Waals surface area contributed by atoms with Crippen molar-refractivity contribution in [2.45, 2.75) is 31.4 Å². The van der Waals surface area contributed by atoms with Gasteiger partial charge in [0.25, 0.3) is 0 Å². The van der Waals surface area contributed by atoms with Crippen LogP contribution < -0.4 is 0 Å². The topological polar surface area (TPSA) is 29.5 Å². The van der Waals surface area contributed by atoms with Crippen LogP contribution in [0.5, 0.6) is 0 Å². The molecule has 3 rings (SSSR count). The number of nitrogens with zero attached hydrogens (tertiary/aromatic N) is 1. The lowest BCUT2D eigenvalue weighted by atomic mass is 9.94. The molecule has 0 N–H and O–H groups in total. The largest absolute Gasteiger partial charge is 0.439 e. The molecule has 2 saturated heterocycles. The van der Waals surface area contributed by atoms with Crippen LogP contribution in [0.25, 0.3) is 0 Å². The number of rotatable bonds is 1. The fourth-order valence-corrected chi connectivity index (χ4v) is 2.82. The molecule has 2 heterocycles. The van der Waals surface area contributed by atoms with Crippen molar-refractivity contribution in [1.82, 2.24) is 4.90 Å². The van der Waals surface area contributed by atoms with Crippen LogP contribution in [-0.4, -0.2) is 23.6 Å². The van der Waals surface area contributed by atoms with Gasteiger partial charge in [-0.3, -0.25) is 0 Å². The van der Waals surface area contributed by atoms with Crippen LogP contribution in [-0.2, 0) is 4.74 Å². The Balaban J connectivity index is 1.88. The van der Waals surface area contributed by atoms with E-state index in [1.807, 2.05) is 29.2 Å². The number of cyclic esters (lactones) is 1. The molecule has 1 aromatic rings. The van der Waals surface area contributed by atoms with Crippen molar-refractivity contribution in [3.8, 4) is 0 Å². The Morgan fingerprint density at radius 2 is 2.00 bits per heavy atom. The van der Waals surface area contributed by atoms with Gasteiger partial charge >= 0.3 is 6.09 Å². The highest BCUT2D eigenvalue weighted by molar-refractivity contribution is 6.30. The van der Waals surface area contributed by atoms with E-state index in [4.69, 9.17) is 16.3 Å². The number of carbonyl (C=O) groups excluding carboxylic acids is 1. The molecule has 0 aliphatic carbocycles. The lowest BCUT2D eigenvalue weighted by molar-refractivity contribution is 0.130. The number of halogens is 1. The Morgan fingerprint density at radius 1 is 1.24 bits per heavy atom. The van der Waals surface area contributed by atoms with Crippen LogP contribution in [0, 0.1) is 0 Å². The Hall–Kier alpha value is -1.22. The van der Waals surface area contributed by atoms with Gasteiger partial charge < -0.3 is 9.64 Å². The molecule has 0 aromatic heterocycles. The highest BCUT2D eigenvalue weighted by Crippen LogP contribution is 2.37. The molecule has 4 heteroatoms. The third-order valence-electron chi connectivity index (χ3n) is 3.56. The minimum absolute atomic E-state index is 0.125. The second-order valence-electron chi connectivity index (χ2n) is 4.61. The van der Waals surface area contributed by atoms with Gasteiger partial charge in [0.15, 0.2) is 0 Å². The van der Waals surface area contributed by atoms with Gasteiger partial charge in [0.1, 0.15) is 6.10 Å². The molecule has 0 spiro atoms. The Morgan fingerprint density at radius 3 is 2.76 bits per heavy atom. The Bertz CT molecular complexity index is 432. The smallest absolute Gasteiger partial charge is 0.410 e. The predicted octanol–water partition coefficient (Wildman–Crippen LogP) is 3.39. The van der Waals surface area contributed by atoms with Crippen molar-refractivity contribution < 1.29 is 9.53 Å². The summed E-state index contributed by atoms with van der Waals surface area (Å²) in [6.45, 7) is 0.827. The number of benzene rings is 1. The lowest BCUT2D eigenvalue weighted by Crippen LogP contribution is -2.38. The first kappa shape index (κ1) is 10.9. The van der Waals surface area contributed by atoms with Gasteiger partial charge in [0, 0.05) is 11.6 Å². The van der Waals surface area contributed by atoms with Crippen LogP contribution in [0.15, 0.2) is 24.3 Å². The Labute approximate surface area is 105 Å². The molecule has 2 atom stereocenters. The van der Waals surface area contributed by atoms with Crippen molar-refractivity contribution in [3.63, 3.8) is 0 Å². The van der Waals surface area contributed by atoms with E-state index in [0.717, 1.165) is 24.9 Å². The molecule has 2 fully saturated rings. The van der Waals surface area contributed by atoms with Crippen LogP contribution in [0.2, 0.25) is 5.02 Å². The average molecular weight is 252 g/mol. The zero-order valence-electron chi connectivity index (χ0n) is 9.43. The summed E-state index contributed by atoms with van der Waals surface area (Å²) in [5.41, 5.74) is 1.04. The monoisotopic (exact) mass is 251 g/mol. The second-order valence-corrected chi connectivity index (χ2v) is 5.05. The van der Waals surface area contributed by atoms with E-state index in [9.17, 15) is 4.79 Å². The van der Waals surface area contributed by atoms with E-state index in [1.165, 1.54) is 6.42 Å². The van der Waals surface area contributed by atoms with Crippen LogP contribution in [0.4, 0.5) is 4.79 Å². The van der Waals surface area contributed by atoms with E-state index < -0.39 is 0 Å². The number of fused-ring (bicyclic) bond motifs is 1. The summed E-state index contributed by atoms with van der Waals surface area (Å²) >= 11 is 5.87. The minimum atomic E-state index is -0.172. The number of hydrogen-bond donors (Lipinski definition) is 0. The number of piperidine rings is 1. The summed E-state index contributed by atoms with van der Waals surface area (Å²) in [5, 5.41) is 0.707. The van der Waals surface area contributed by atoms with Gasteiger partial charge in [-0.05, 0) is 37.0 Å². The van der Waals surface area contributed by atoms with Crippen molar-refractivity contribution in [3.05, 3.63) is 34.9 Å². The Kier molecular flexibility index (Phi) is 2.71. The summed E-state index contributed by atoms with van der Waals surface area (Å²) in [6, 6.07) is 7.78. The number of hydrogen-bond acceptors (Lipinski definition) is 2. The van der Waals surface area contributed by atoms with Crippen molar-refractivity contribution in [2.75, 3.05) is 6.54 Å². The van der Waals surface area contributed by atoms with Crippen LogP contribution in [0.1, 0.15) is 30.9 Å². The number of amides is 1.